The summed E-state index contributed by atoms with van der Waals surface area (Å²) < 4.78 is 57.9. The minimum Gasteiger partial charge on any atom is -0.444 e. The first-order valence-electron chi connectivity index (χ1n) is 10.5. The summed E-state index contributed by atoms with van der Waals surface area (Å²) in [5.74, 6) is 3.56. The Hall–Kier alpha value is -2.37. The van der Waals surface area contributed by atoms with Crippen LogP contribution in [0.15, 0.2) is 30.3 Å². The molecular weight excluding hydrogens is 443 g/mol. The van der Waals surface area contributed by atoms with Crippen molar-refractivity contribution in [1.29, 1.82) is 0 Å². The molecule has 0 aromatic heterocycles. The summed E-state index contributed by atoms with van der Waals surface area (Å²) >= 11 is 0. The second-order valence-corrected chi connectivity index (χ2v) is 9.14. The zero-order chi connectivity index (χ0) is 25.3. The van der Waals surface area contributed by atoms with Crippen LogP contribution in [-0.2, 0) is 25.6 Å². The average molecular weight is 478 g/mol. The molecule has 0 fully saturated rings. The zero-order valence-corrected chi connectivity index (χ0v) is 19.7. The second-order valence-electron chi connectivity index (χ2n) is 9.14. The normalized spacial score (nSPS) is 14.3. The van der Waals surface area contributed by atoms with Gasteiger partial charge >= 0.3 is 12.3 Å². The van der Waals surface area contributed by atoms with Gasteiger partial charge in [-0.25, -0.2) is 10.6 Å². The van der Waals surface area contributed by atoms with Crippen molar-refractivity contribution in [3.8, 4) is 0 Å². The fraction of sp³-hybridized carbons (Fsp3) is 0.636. The van der Waals surface area contributed by atoms with Crippen molar-refractivity contribution in [2.24, 2.45) is 5.84 Å². The molecule has 2 amide bonds. The second kappa shape index (κ2) is 11.7. The number of hydrazine groups is 1. The van der Waals surface area contributed by atoms with Crippen molar-refractivity contribution in [3.05, 3.63) is 35.9 Å². The van der Waals surface area contributed by atoms with Crippen LogP contribution in [-0.4, -0.2) is 48.1 Å². The molecule has 0 spiro atoms. The van der Waals surface area contributed by atoms with Crippen LogP contribution >= 0.6 is 0 Å². The van der Waals surface area contributed by atoms with Gasteiger partial charge in [0, 0.05) is 13.2 Å². The van der Waals surface area contributed by atoms with Gasteiger partial charge in [-0.3, -0.25) is 10.2 Å². The number of halogens is 3. The van der Waals surface area contributed by atoms with Crippen molar-refractivity contribution < 1.29 is 37.0 Å². The molecular formula is C22H34F3N3O5. The Morgan fingerprint density at radius 2 is 1.61 bits per heavy atom. The lowest BCUT2D eigenvalue weighted by Gasteiger charge is -2.34. The highest BCUT2D eigenvalue weighted by Crippen LogP contribution is 2.38. The smallest absolute Gasteiger partial charge is 0.426 e. The molecule has 188 valence electrons. The van der Waals surface area contributed by atoms with Crippen molar-refractivity contribution in [3.63, 3.8) is 0 Å². The van der Waals surface area contributed by atoms with Gasteiger partial charge in [0.25, 0.3) is 5.91 Å². The van der Waals surface area contributed by atoms with Crippen LogP contribution in [0.5, 0.6) is 0 Å². The molecule has 33 heavy (non-hydrogen) atoms. The van der Waals surface area contributed by atoms with Crippen LogP contribution in [0, 0.1) is 0 Å². The molecule has 1 rings (SSSR count). The van der Waals surface area contributed by atoms with Crippen LogP contribution in [0.2, 0.25) is 0 Å². The van der Waals surface area contributed by atoms with Crippen molar-refractivity contribution in [2.75, 3.05) is 13.2 Å². The standard InChI is InChI=1S/C22H34F3N3O5/c1-19(2,3)33-18(30)27-15-20(4,5)31-13-9-12-21(17(29)28-26,22(23,24)25)32-14-16-10-7-6-8-11-16/h6-8,10-11H,9,12-15,26H2,1-5H3,(H,27,30)(H,28,29)/t21-/m1/s1. The Morgan fingerprint density at radius 3 is 2.12 bits per heavy atom. The highest BCUT2D eigenvalue weighted by Gasteiger charge is 2.61. The van der Waals surface area contributed by atoms with E-state index < -0.39 is 48.0 Å². The van der Waals surface area contributed by atoms with Crippen LogP contribution < -0.4 is 16.6 Å². The molecule has 1 aromatic rings. The highest BCUT2D eigenvalue weighted by molar-refractivity contribution is 5.85. The van der Waals surface area contributed by atoms with Gasteiger partial charge in [0.1, 0.15) is 5.60 Å². The first-order valence-corrected chi connectivity index (χ1v) is 10.5. The van der Waals surface area contributed by atoms with E-state index in [4.69, 9.17) is 20.1 Å². The van der Waals surface area contributed by atoms with Crippen LogP contribution in [0.1, 0.15) is 53.0 Å². The molecule has 1 atom stereocenters. The molecule has 0 aliphatic carbocycles. The minimum absolute atomic E-state index is 0.0696. The summed E-state index contributed by atoms with van der Waals surface area (Å²) in [5, 5.41) is 2.56. The third-order valence-electron chi connectivity index (χ3n) is 4.51. The highest BCUT2D eigenvalue weighted by atomic mass is 19.4. The van der Waals surface area contributed by atoms with Crippen LogP contribution in [0.25, 0.3) is 0 Å². The summed E-state index contributed by atoms with van der Waals surface area (Å²) in [6.07, 6.45) is -6.51. The number of carbonyl (C=O) groups excluding carboxylic acids is 2. The van der Waals surface area contributed by atoms with E-state index in [-0.39, 0.29) is 19.6 Å². The van der Waals surface area contributed by atoms with Gasteiger partial charge in [-0.1, -0.05) is 30.3 Å². The SMILES string of the molecule is CC(C)(C)OC(=O)NCC(C)(C)OCCC[C@@](OCc1ccccc1)(C(=O)NN)C(F)(F)F. The molecule has 1 aromatic carbocycles. The number of ether oxygens (including phenoxy) is 3. The first-order chi connectivity index (χ1) is 15.1. The number of nitrogens with one attached hydrogen (secondary N) is 2. The molecule has 0 saturated heterocycles. The van der Waals surface area contributed by atoms with Crippen molar-refractivity contribution >= 4 is 12.0 Å². The number of rotatable bonds is 11. The maximum atomic E-state index is 14.0. The fourth-order valence-electron chi connectivity index (χ4n) is 2.82. The van der Waals surface area contributed by atoms with E-state index in [1.165, 1.54) is 0 Å². The molecule has 11 heteroatoms. The molecule has 0 radical (unpaired) electrons. The molecule has 0 bridgehead atoms. The predicted molar refractivity (Wildman–Crippen MR) is 116 cm³/mol. The topological polar surface area (TPSA) is 112 Å². The predicted octanol–water partition coefficient (Wildman–Crippen LogP) is 3.59. The summed E-state index contributed by atoms with van der Waals surface area (Å²) in [7, 11) is 0. The van der Waals surface area contributed by atoms with Crippen molar-refractivity contribution in [1.82, 2.24) is 10.7 Å². The Morgan fingerprint density at radius 1 is 1.00 bits per heavy atom. The molecule has 0 unspecified atom stereocenters. The van der Waals surface area contributed by atoms with Gasteiger partial charge in [0.2, 0.25) is 5.60 Å². The summed E-state index contributed by atoms with van der Waals surface area (Å²) in [6.45, 7) is 8.02. The Balaban J connectivity index is 2.74. The number of amides is 2. The molecule has 0 saturated carbocycles. The number of hydrogen-bond acceptors (Lipinski definition) is 6. The number of carbonyl (C=O) groups is 2. The number of hydrogen-bond donors (Lipinski definition) is 3. The zero-order valence-electron chi connectivity index (χ0n) is 19.7. The van der Waals surface area contributed by atoms with Gasteiger partial charge < -0.3 is 19.5 Å². The average Bonchev–Trinajstić information content (AvgIpc) is 2.70. The van der Waals surface area contributed by atoms with E-state index in [0.29, 0.717) is 5.56 Å². The quantitative estimate of drug-likeness (QED) is 0.194. The number of alkyl halides is 3. The molecule has 0 heterocycles. The monoisotopic (exact) mass is 477 g/mol. The number of nitrogens with two attached hydrogens (primary N) is 1. The van der Waals surface area contributed by atoms with Crippen molar-refractivity contribution in [2.45, 2.75) is 77.0 Å². The van der Waals surface area contributed by atoms with Gasteiger partial charge in [-0.2, -0.15) is 13.2 Å². The van der Waals surface area contributed by atoms with Gasteiger partial charge in [0.05, 0.1) is 12.2 Å². The van der Waals surface area contributed by atoms with E-state index in [1.54, 1.807) is 70.4 Å². The lowest BCUT2D eigenvalue weighted by molar-refractivity contribution is -0.274. The van der Waals surface area contributed by atoms with E-state index in [2.05, 4.69) is 5.32 Å². The van der Waals surface area contributed by atoms with Crippen LogP contribution in [0.3, 0.4) is 0 Å². The Labute approximate surface area is 192 Å². The van der Waals surface area contributed by atoms with E-state index in [1.807, 2.05) is 0 Å². The lowest BCUT2D eigenvalue weighted by Crippen LogP contribution is -2.60. The minimum atomic E-state index is -5.01. The third kappa shape index (κ3) is 9.56. The molecule has 0 aliphatic heterocycles. The lowest BCUT2D eigenvalue weighted by atomic mass is 9.95. The first kappa shape index (κ1) is 28.7. The van der Waals surface area contributed by atoms with E-state index in [9.17, 15) is 22.8 Å². The fourth-order valence-corrected chi connectivity index (χ4v) is 2.82. The van der Waals surface area contributed by atoms with Gasteiger partial charge in [-0.05, 0) is 53.0 Å². The Bertz CT molecular complexity index is 767. The largest absolute Gasteiger partial charge is 0.444 e. The molecule has 4 N–H and O–H groups in total. The van der Waals surface area contributed by atoms with E-state index in [0.717, 1.165) is 0 Å². The van der Waals surface area contributed by atoms with Gasteiger partial charge in [-0.15, -0.1) is 0 Å². The summed E-state index contributed by atoms with van der Waals surface area (Å²) in [5.41, 5.74) is -2.65. The number of benzene rings is 1. The third-order valence-corrected chi connectivity index (χ3v) is 4.51. The summed E-state index contributed by atoms with van der Waals surface area (Å²) in [4.78, 5) is 24.0. The molecule has 8 nitrogen and oxygen atoms in total. The van der Waals surface area contributed by atoms with E-state index >= 15 is 0 Å². The maximum Gasteiger partial charge on any atom is 0.426 e. The van der Waals surface area contributed by atoms with Crippen LogP contribution in [0.4, 0.5) is 18.0 Å². The maximum absolute atomic E-state index is 14.0. The Kier molecular flexibility index (Phi) is 10.1. The molecule has 0 aliphatic rings. The number of alkyl carbamates (subject to hydrolysis) is 1. The van der Waals surface area contributed by atoms with Gasteiger partial charge in [0.15, 0.2) is 0 Å². The summed E-state index contributed by atoms with van der Waals surface area (Å²) in [6, 6.07) is 8.19.